The van der Waals surface area contributed by atoms with Crippen molar-refractivity contribution in [2.24, 2.45) is 29.6 Å². The van der Waals surface area contributed by atoms with Gasteiger partial charge in [0.25, 0.3) is 0 Å². The lowest BCUT2D eigenvalue weighted by molar-refractivity contribution is -0.142. The number of rotatable bonds is 5. The number of H-pyrrole nitrogens is 1. The summed E-state index contributed by atoms with van der Waals surface area (Å²) in [5, 5.41) is 10.0. The van der Waals surface area contributed by atoms with Crippen molar-refractivity contribution in [1.29, 1.82) is 0 Å². The van der Waals surface area contributed by atoms with Crippen LogP contribution < -0.4 is 9.61 Å². The van der Waals surface area contributed by atoms with E-state index < -0.39 is 11.9 Å². The maximum absolute atomic E-state index is 13.3. The van der Waals surface area contributed by atoms with E-state index in [-0.39, 0.29) is 64.5 Å². The Balaban J connectivity index is 1.40. The first-order valence-corrected chi connectivity index (χ1v) is 12.7. The van der Waals surface area contributed by atoms with Crippen LogP contribution in [-0.4, -0.2) is 51.7 Å². The van der Waals surface area contributed by atoms with Gasteiger partial charge in [0, 0.05) is 22.6 Å². The van der Waals surface area contributed by atoms with Crippen molar-refractivity contribution in [3.63, 3.8) is 0 Å². The Morgan fingerprint density at radius 3 is 2.52 bits per heavy atom. The Kier molecular flexibility index (Phi) is 4.74. The van der Waals surface area contributed by atoms with Gasteiger partial charge in [0.15, 0.2) is 0 Å². The first-order chi connectivity index (χ1) is 15.9. The van der Waals surface area contributed by atoms with Gasteiger partial charge in [-0.15, -0.1) is 11.8 Å². The number of benzene rings is 1. The Bertz CT molecular complexity index is 1220. The number of imide groups is 1. The fourth-order valence-corrected chi connectivity index (χ4v) is 9.58. The average molecular weight is 487 g/mol. The Morgan fingerprint density at radius 2 is 1.85 bits per heavy atom. The third kappa shape index (κ3) is 2.96. The van der Waals surface area contributed by atoms with E-state index in [0.717, 1.165) is 27.6 Å². The monoisotopic (exact) mass is 486 g/mol. The number of amides is 2. The summed E-state index contributed by atoms with van der Waals surface area (Å²) >= 11 is 2.87. The Labute approximate surface area is 197 Å². The zero-order valence-corrected chi connectivity index (χ0v) is 19.4. The van der Waals surface area contributed by atoms with Crippen molar-refractivity contribution in [1.82, 2.24) is 9.88 Å². The number of carbonyl (C=O) groups is 3. The second kappa shape index (κ2) is 7.46. The van der Waals surface area contributed by atoms with Gasteiger partial charge in [-0.2, -0.15) is 0 Å². The molecule has 10 heteroatoms. The summed E-state index contributed by atoms with van der Waals surface area (Å²) in [4.78, 5) is 54.9. The average Bonchev–Trinajstić information content (AvgIpc) is 3.52. The number of fused-ring (bicyclic) bond motifs is 9. The summed E-state index contributed by atoms with van der Waals surface area (Å²) < 4.78 is 5.31. The van der Waals surface area contributed by atoms with Crippen LogP contribution in [0.4, 0.5) is 0 Å². The van der Waals surface area contributed by atoms with Crippen molar-refractivity contribution in [2.45, 2.75) is 29.0 Å². The molecule has 2 aliphatic carbocycles. The van der Waals surface area contributed by atoms with Crippen LogP contribution in [0.5, 0.6) is 5.75 Å². The third-order valence-electron chi connectivity index (χ3n) is 7.84. The number of carboxylic acids is 1. The van der Waals surface area contributed by atoms with E-state index in [2.05, 4.69) is 4.98 Å². The highest BCUT2D eigenvalue weighted by molar-refractivity contribution is 8.00. The molecule has 2 amide bonds. The van der Waals surface area contributed by atoms with Crippen molar-refractivity contribution in [3.8, 4) is 5.75 Å². The molecule has 33 heavy (non-hydrogen) atoms. The molecule has 3 fully saturated rings. The summed E-state index contributed by atoms with van der Waals surface area (Å²) in [5.74, 6) is -1.32. The van der Waals surface area contributed by atoms with Crippen molar-refractivity contribution < 1.29 is 24.2 Å². The second-order valence-electron chi connectivity index (χ2n) is 9.21. The summed E-state index contributed by atoms with van der Waals surface area (Å²) in [6, 6.07) is 7.87. The normalized spacial score (nSPS) is 33.7. The van der Waals surface area contributed by atoms with Gasteiger partial charge in [-0.25, -0.2) is 0 Å². The quantitative estimate of drug-likeness (QED) is 0.623. The lowest BCUT2D eigenvalue weighted by Gasteiger charge is -2.43. The molecule has 6 rings (SSSR count). The lowest BCUT2D eigenvalue weighted by atomic mass is 9.68. The van der Waals surface area contributed by atoms with E-state index in [1.165, 1.54) is 16.2 Å². The van der Waals surface area contributed by atoms with E-state index in [1.807, 2.05) is 24.3 Å². The molecule has 4 aliphatic rings. The zero-order chi connectivity index (χ0) is 23.0. The molecule has 8 nitrogen and oxygen atoms in total. The minimum absolute atomic E-state index is 0.0289. The molecule has 2 N–H and O–H groups in total. The molecule has 7 atom stereocenters. The number of thiazole rings is 1. The lowest BCUT2D eigenvalue weighted by Crippen LogP contribution is -2.42. The molecule has 2 aromatic rings. The van der Waals surface area contributed by atoms with E-state index >= 15 is 0 Å². The largest absolute Gasteiger partial charge is 0.497 e. The van der Waals surface area contributed by atoms with Crippen LogP contribution in [-0.2, 0) is 14.4 Å². The van der Waals surface area contributed by atoms with Gasteiger partial charge in [-0.1, -0.05) is 23.5 Å². The number of carboxylic acid groups (broad SMARTS) is 1. The molecule has 2 aliphatic heterocycles. The molecule has 0 unspecified atom stereocenters. The van der Waals surface area contributed by atoms with Gasteiger partial charge in [-0.3, -0.25) is 24.1 Å². The summed E-state index contributed by atoms with van der Waals surface area (Å²) in [6.45, 7) is -0.0650. The van der Waals surface area contributed by atoms with Crippen LogP contribution in [0.25, 0.3) is 0 Å². The van der Waals surface area contributed by atoms with E-state index in [0.29, 0.717) is 0 Å². The van der Waals surface area contributed by atoms with E-state index in [1.54, 1.807) is 18.9 Å². The third-order valence-corrected chi connectivity index (χ3v) is 10.4. The van der Waals surface area contributed by atoms with Gasteiger partial charge < -0.3 is 14.8 Å². The Hall–Kier alpha value is -2.59. The number of aromatic amines is 1. The van der Waals surface area contributed by atoms with Gasteiger partial charge in [0.1, 0.15) is 5.75 Å². The SMILES string of the molecule is COc1ccc([C@@H]2c3sc(=O)[nH]c3S[C@@H]3[C@H]4C[C@@H]([C@@H]5C(=O)N(CCC(=O)O)C(=O)[C@@H]45)[C@@H]23)cc1. The smallest absolute Gasteiger partial charge is 0.305 e. The minimum Gasteiger partial charge on any atom is -0.497 e. The van der Waals surface area contributed by atoms with Gasteiger partial charge in [0.2, 0.25) is 11.8 Å². The van der Waals surface area contributed by atoms with E-state index in [4.69, 9.17) is 9.84 Å². The predicted octanol–water partition coefficient (Wildman–Crippen LogP) is 2.39. The maximum atomic E-state index is 13.3. The molecule has 1 aromatic carbocycles. The first-order valence-electron chi connectivity index (χ1n) is 11.0. The highest BCUT2D eigenvalue weighted by atomic mass is 32.2. The number of nitrogens with zero attached hydrogens (tertiary/aromatic N) is 1. The number of likely N-dealkylation sites (tertiary alicyclic amines) is 1. The fourth-order valence-electron chi connectivity index (χ4n) is 6.69. The highest BCUT2D eigenvalue weighted by Crippen LogP contribution is 2.68. The Morgan fingerprint density at radius 1 is 1.15 bits per heavy atom. The van der Waals surface area contributed by atoms with Crippen LogP contribution in [0, 0.1) is 29.6 Å². The molecule has 1 saturated heterocycles. The molecule has 0 spiro atoms. The van der Waals surface area contributed by atoms with Crippen LogP contribution >= 0.6 is 23.1 Å². The molecular formula is C23H22N2O6S2. The number of hydrogen-bond acceptors (Lipinski definition) is 7. The standard InChI is InChI=1S/C23H22N2O6S2/c1-31-10-4-2-9(3-5-10)14-15-11-8-12(18(15)32-20-19(14)33-23(30)24-20)17-16(11)21(28)25(22(17)29)7-6-13(26)27/h2-5,11-12,14-18H,6-8H2,1H3,(H,24,30)(H,26,27)/t11-,12+,14+,15+,16+,17+,18-/m1/s1. The number of nitrogens with one attached hydrogen (secondary N) is 1. The molecule has 172 valence electrons. The molecule has 3 heterocycles. The molecule has 1 aromatic heterocycles. The second-order valence-corrected chi connectivity index (χ2v) is 11.4. The van der Waals surface area contributed by atoms with Crippen molar-refractivity contribution >= 4 is 40.9 Å². The fraction of sp³-hybridized carbons (Fsp3) is 0.478. The zero-order valence-electron chi connectivity index (χ0n) is 17.7. The summed E-state index contributed by atoms with van der Waals surface area (Å²) in [7, 11) is 1.62. The number of carbonyl (C=O) groups excluding carboxylic acids is 2. The molecule has 0 radical (unpaired) electrons. The number of aliphatic carboxylic acids is 1. The maximum Gasteiger partial charge on any atom is 0.305 e. The minimum atomic E-state index is -1.02. The topological polar surface area (TPSA) is 117 Å². The highest BCUT2D eigenvalue weighted by Gasteiger charge is 2.69. The predicted molar refractivity (Wildman–Crippen MR) is 120 cm³/mol. The number of thioether (sulfide) groups is 1. The number of ether oxygens (including phenoxy) is 1. The molecular weight excluding hydrogens is 464 g/mol. The molecule has 2 bridgehead atoms. The number of hydrogen-bond donors (Lipinski definition) is 2. The van der Waals surface area contributed by atoms with Gasteiger partial charge >= 0.3 is 10.8 Å². The van der Waals surface area contributed by atoms with Crippen LogP contribution in [0.1, 0.15) is 29.2 Å². The first kappa shape index (κ1) is 21.0. The van der Waals surface area contributed by atoms with Crippen molar-refractivity contribution in [3.05, 3.63) is 44.4 Å². The summed E-state index contributed by atoms with van der Waals surface area (Å²) in [5.41, 5.74) is 1.08. The van der Waals surface area contributed by atoms with Crippen LogP contribution in [0.2, 0.25) is 0 Å². The summed E-state index contributed by atoms with van der Waals surface area (Å²) in [6.07, 6.45) is 0.578. The van der Waals surface area contributed by atoms with Crippen LogP contribution in [0.3, 0.4) is 0 Å². The molecule has 2 saturated carbocycles. The van der Waals surface area contributed by atoms with Gasteiger partial charge in [-0.05, 0) is 41.9 Å². The number of aromatic nitrogens is 1. The van der Waals surface area contributed by atoms with Crippen molar-refractivity contribution in [2.75, 3.05) is 13.7 Å². The van der Waals surface area contributed by atoms with E-state index in [9.17, 15) is 19.2 Å². The van der Waals surface area contributed by atoms with Crippen LogP contribution in [0.15, 0.2) is 34.1 Å². The van der Waals surface area contributed by atoms with Gasteiger partial charge in [0.05, 0.1) is 30.4 Å². The number of methoxy groups -OCH3 is 1.